The van der Waals surface area contributed by atoms with Gasteiger partial charge in [-0.05, 0) is 48.7 Å². The van der Waals surface area contributed by atoms with Crippen LogP contribution in [-0.4, -0.2) is 51.0 Å². The van der Waals surface area contributed by atoms with Crippen LogP contribution in [-0.2, 0) is 26.2 Å². The molecule has 0 bridgehead atoms. The number of anilines is 1. The van der Waals surface area contributed by atoms with Crippen LogP contribution in [0, 0.1) is 6.92 Å². The quantitative estimate of drug-likeness (QED) is 0.570. The predicted octanol–water partition coefficient (Wildman–Crippen LogP) is 3.62. The largest absolute Gasteiger partial charge is 0.357 e. The van der Waals surface area contributed by atoms with E-state index in [1.165, 1.54) is 11.9 Å². The third-order valence-corrected chi connectivity index (χ3v) is 6.87. The lowest BCUT2D eigenvalue weighted by Crippen LogP contribution is -2.51. The molecule has 174 valence electrons. The van der Waals surface area contributed by atoms with E-state index in [-0.39, 0.29) is 12.5 Å². The average Bonchev–Trinajstić information content (AvgIpc) is 2.74. The van der Waals surface area contributed by atoms with Gasteiger partial charge in [0.25, 0.3) is 0 Å². The van der Waals surface area contributed by atoms with Crippen molar-refractivity contribution < 1.29 is 18.0 Å². The predicted molar refractivity (Wildman–Crippen MR) is 129 cm³/mol. The van der Waals surface area contributed by atoms with E-state index in [0.717, 1.165) is 16.1 Å². The number of hydrogen-bond acceptors (Lipinski definition) is 4. The Labute approximate surface area is 199 Å². The van der Waals surface area contributed by atoms with Crippen LogP contribution in [0.1, 0.15) is 24.5 Å². The average molecular weight is 500 g/mol. The van der Waals surface area contributed by atoms with Crippen LogP contribution in [0.25, 0.3) is 0 Å². The molecule has 0 spiro atoms. The summed E-state index contributed by atoms with van der Waals surface area (Å²) in [5.41, 5.74) is 1.61. The van der Waals surface area contributed by atoms with Crippen molar-refractivity contribution in [3.63, 3.8) is 0 Å². The molecule has 7 nitrogen and oxygen atoms in total. The summed E-state index contributed by atoms with van der Waals surface area (Å²) in [6, 6.07) is 11.0. The van der Waals surface area contributed by atoms with E-state index in [1.807, 2.05) is 0 Å². The van der Waals surface area contributed by atoms with E-state index >= 15 is 0 Å². The van der Waals surface area contributed by atoms with Gasteiger partial charge in [0.1, 0.15) is 12.6 Å². The molecule has 0 aliphatic heterocycles. The third kappa shape index (κ3) is 6.37. The number of hydrogen-bond donors (Lipinski definition) is 1. The van der Waals surface area contributed by atoms with E-state index in [0.29, 0.717) is 27.7 Å². The summed E-state index contributed by atoms with van der Waals surface area (Å²) < 4.78 is 26.2. The molecule has 0 saturated heterocycles. The van der Waals surface area contributed by atoms with Crippen molar-refractivity contribution in [3.8, 4) is 0 Å². The van der Waals surface area contributed by atoms with Crippen LogP contribution < -0.4 is 9.62 Å². The zero-order valence-electron chi connectivity index (χ0n) is 18.4. The maximum atomic E-state index is 13.4. The lowest BCUT2D eigenvalue weighted by molar-refractivity contribution is -0.140. The number of carbonyl (C=O) groups excluding carboxylic acids is 2. The molecule has 2 rings (SSSR count). The molecule has 0 aliphatic rings. The molecule has 32 heavy (non-hydrogen) atoms. The highest BCUT2D eigenvalue weighted by molar-refractivity contribution is 7.92. The number of halogens is 2. The summed E-state index contributed by atoms with van der Waals surface area (Å²) in [6.45, 7) is 3.12. The Morgan fingerprint density at radius 1 is 1.09 bits per heavy atom. The van der Waals surface area contributed by atoms with Crippen molar-refractivity contribution in [2.75, 3.05) is 24.2 Å². The molecule has 10 heteroatoms. The number of rotatable bonds is 9. The third-order valence-electron chi connectivity index (χ3n) is 5.09. The molecule has 0 unspecified atom stereocenters. The maximum absolute atomic E-state index is 13.4. The molecule has 2 aromatic rings. The zero-order chi connectivity index (χ0) is 24.1. The lowest BCUT2D eigenvalue weighted by Gasteiger charge is -2.33. The number of carbonyl (C=O) groups is 2. The van der Waals surface area contributed by atoms with Gasteiger partial charge in [-0.3, -0.25) is 13.9 Å². The van der Waals surface area contributed by atoms with Gasteiger partial charge in [-0.2, -0.15) is 0 Å². The van der Waals surface area contributed by atoms with Gasteiger partial charge in [0.2, 0.25) is 21.8 Å². The Morgan fingerprint density at radius 2 is 1.72 bits per heavy atom. The molecular weight excluding hydrogens is 473 g/mol. The zero-order valence-corrected chi connectivity index (χ0v) is 20.8. The number of benzene rings is 2. The summed E-state index contributed by atoms with van der Waals surface area (Å²) in [4.78, 5) is 27.3. The van der Waals surface area contributed by atoms with E-state index in [2.05, 4.69) is 5.32 Å². The highest BCUT2D eigenvalue weighted by atomic mass is 35.5. The van der Waals surface area contributed by atoms with E-state index in [1.54, 1.807) is 56.3 Å². The van der Waals surface area contributed by atoms with E-state index < -0.39 is 28.5 Å². The Kier molecular flexibility index (Phi) is 8.95. The van der Waals surface area contributed by atoms with Gasteiger partial charge in [0, 0.05) is 23.6 Å². The second-order valence-electron chi connectivity index (χ2n) is 7.34. The molecule has 2 amide bonds. The molecule has 0 radical (unpaired) electrons. The Morgan fingerprint density at radius 3 is 2.25 bits per heavy atom. The molecule has 2 aromatic carbocycles. The SMILES string of the molecule is CC[C@H](C(=O)NC)N(Cc1ccc(Cl)cc1)C(=O)CN(c1cccc(Cl)c1C)S(C)(=O)=O. The Bertz CT molecular complexity index is 1080. The van der Waals surface area contributed by atoms with Gasteiger partial charge in [-0.1, -0.05) is 48.3 Å². The van der Waals surface area contributed by atoms with Crippen molar-refractivity contribution in [2.45, 2.75) is 32.9 Å². The first-order valence-electron chi connectivity index (χ1n) is 9.97. The first kappa shape index (κ1) is 26.0. The van der Waals surface area contributed by atoms with Crippen LogP contribution >= 0.6 is 23.2 Å². The second kappa shape index (κ2) is 11.0. The molecule has 0 aliphatic carbocycles. The highest BCUT2D eigenvalue weighted by Gasteiger charge is 2.31. The van der Waals surface area contributed by atoms with Crippen LogP contribution in [0.5, 0.6) is 0 Å². The lowest BCUT2D eigenvalue weighted by atomic mass is 10.1. The van der Waals surface area contributed by atoms with Gasteiger partial charge >= 0.3 is 0 Å². The highest BCUT2D eigenvalue weighted by Crippen LogP contribution is 2.28. The van der Waals surface area contributed by atoms with Crippen LogP contribution in [0.4, 0.5) is 5.69 Å². The summed E-state index contributed by atoms with van der Waals surface area (Å²) in [6.07, 6.45) is 1.38. The number of sulfonamides is 1. The second-order valence-corrected chi connectivity index (χ2v) is 10.1. The minimum Gasteiger partial charge on any atom is -0.357 e. The van der Waals surface area contributed by atoms with Crippen molar-refractivity contribution in [1.82, 2.24) is 10.2 Å². The van der Waals surface area contributed by atoms with Crippen LogP contribution in [0.2, 0.25) is 10.0 Å². The fourth-order valence-electron chi connectivity index (χ4n) is 3.33. The normalized spacial score (nSPS) is 12.2. The molecule has 1 atom stereocenters. The smallest absolute Gasteiger partial charge is 0.244 e. The topological polar surface area (TPSA) is 86.8 Å². The number of likely N-dealkylation sites (N-methyl/N-ethyl adjacent to an activating group) is 1. The Hall–Kier alpha value is -2.29. The summed E-state index contributed by atoms with van der Waals surface area (Å²) in [5.74, 6) is -0.847. The molecule has 1 N–H and O–H groups in total. The van der Waals surface area contributed by atoms with Gasteiger partial charge in [0.05, 0.1) is 11.9 Å². The van der Waals surface area contributed by atoms with Crippen molar-refractivity contribution in [3.05, 3.63) is 63.6 Å². The van der Waals surface area contributed by atoms with Crippen molar-refractivity contribution in [1.29, 1.82) is 0 Å². The fourth-order valence-corrected chi connectivity index (χ4v) is 4.53. The minimum atomic E-state index is -3.81. The van der Waals surface area contributed by atoms with Crippen molar-refractivity contribution >= 4 is 50.7 Å². The number of nitrogens with zero attached hydrogens (tertiary/aromatic N) is 2. The maximum Gasteiger partial charge on any atom is 0.244 e. The van der Waals surface area contributed by atoms with Gasteiger partial charge in [-0.15, -0.1) is 0 Å². The first-order valence-corrected chi connectivity index (χ1v) is 12.6. The van der Waals surface area contributed by atoms with Crippen molar-refractivity contribution in [2.24, 2.45) is 0 Å². The summed E-state index contributed by atoms with van der Waals surface area (Å²) >= 11 is 12.1. The van der Waals surface area contributed by atoms with E-state index in [9.17, 15) is 18.0 Å². The molecule has 0 aromatic heterocycles. The molecular formula is C22H27Cl2N3O4S. The van der Waals surface area contributed by atoms with Crippen LogP contribution in [0.3, 0.4) is 0 Å². The monoisotopic (exact) mass is 499 g/mol. The molecule has 0 saturated carbocycles. The first-order chi connectivity index (χ1) is 15.0. The van der Waals surface area contributed by atoms with Gasteiger partial charge in [-0.25, -0.2) is 8.42 Å². The number of amides is 2. The fraction of sp³-hybridized carbons (Fsp3) is 0.364. The standard InChI is InChI=1S/C22H27Cl2N3O4S/c1-5-19(22(29)25-3)26(13-16-9-11-17(23)12-10-16)21(28)14-27(32(4,30)31)20-8-6-7-18(24)15(20)2/h6-12,19H,5,13-14H2,1-4H3,(H,25,29)/t19-/m1/s1. The number of nitrogens with one attached hydrogen (secondary N) is 1. The van der Waals surface area contributed by atoms with Crippen LogP contribution in [0.15, 0.2) is 42.5 Å². The molecule has 0 fully saturated rings. The van der Waals surface area contributed by atoms with Gasteiger partial charge in [0.15, 0.2) is 0 Å². The van der Waals surface area contributed by atoms with Gasteiger partial charge < -0.3 is 10.2 Å². The Balaban J connectivity index is 2.46. The van der Waals surface area contributed by atoms with E-state index in [4.69, 9.17) is 23.2 Å². The minimum absolute atomic E-state index is 0.119. The summed E-state index contributed by atoms with van der Waals surface area (Å²) in [5, 5.41) is 3.51. The summed E-state index contributed by atoms with van der Waals surface area (Å²) in [7, 11) is -2.32. The molecule has 0 heterocycles.